The van der Waals surface area contributed by atoms with E-state index in [0.29, 0.717) is 0 Å². The molecule has 1 aromatic rings. The second-order valence-corrected chi connectivity index (χ2v) is 3.39. The van der Waals surface area contributed by atoms with Gasteiger partial charge in [-0.2, -0.15) is 0 Å². The molecule has 12 heavy (non-hydrogen) atoms. The van der Waals surface area contributed by atoms with Gasteiger partial charge in [-0.1, -0.05) is 13.0 Å². The van der Waals surface area contributed by atoms with Crippen molar-refractivity contribution in [1.29, 1.82) is 0 Å². The van der Waals surface area contributed by atoms with Crippen molar-refractivity contribution in [2.24, 2.45) is 5.73 Å². The minimum atomic E-state index is -0.324. The van der Waals surface area contributed by atoms with Crippen molar-refractivity contribution < 1.29 is 4.79 Å². The first-order valence-corrected chi connectivity index (χ1v) is 4.69. The molecule has 0 fully saturated rings. The van der Waals surface area contributed by atoms with Gasteiger partial charge in [0.2, 0.25) is 5.91 Å². The Bertz CT molecular complexity index is 246. The number of likely N-dealkylation sites (N-methyl/N-ethyl adjacent to an activating group) is 1. The third-order valence-electron chi connectivity index (χ3n) is 1.52. The number of hydrogen-bond acceptors (Lipinski definition) is 3. The highest BCUT2D eigenvalue weighted by atomic mass is 32.1. The lowest BCUT2D eigenvalue weighted by molar-refractivity contribution is -0.120. The number of rotatable bonds is 4. The lowest BCUT2D eigenvalue weighted by Gasteiger charge is -2.11. The van der Waals surface area contributed by atoms with Crippen molar-refractivity contribution in [3.63, 3.8) is 0 Å². The predicted octanol–water partition coefficient (Wildman–Crippen LogP) is 0.884. The fourth-order valence-electron chi connectivity index (χ4n) is 1.00. The number of primary amides is 1. The van der Waals surface area contributed by atoms with E-state index in [1.807, 2.05) is 24.4 Å². The molecule has 0 saturated heterocycles. The van der Waals surface area contributed by atoms with E-state index in [9.17, 15) is 4.79 Å². The predicted molar refractivity (Wildman–Crippen MR) is 49.9 cm³/mol. The van der Waals surface area contributed by atoms with Crippen LogP contribution in [0.5, 0.6) is 0 Å². The smallest absolute Gasteiger partial charge is 0.239 e. The molecular weight excluding hydrogens is 172 g/mol. The molecule has 0 aliphatic carbocycles. The topological polar surface area (TPSA) is 55.1 Å². The minimum absolute atomic E-state index is 0.320. The first-order chi connectivity index (χ1) is 5.75. The van der Waals surface area contributed by atoms with Crippen molar-refractivity contribution in [2.45, 2.75) is 13.0 Å². The summed E-state index contributed by atoms with van der Waals surface area (Å²) in [5.74, 6) is -0.320. The Morgan fingerprint density at radius 3 is 3.00 bits per heavy atom. The van der Waals surface area contributed by atoms with Crippen molar-refractivity contribution in [3.8, 4) is 0 Å². The Balaban J connectivity index is 2.73. The first-order valence-electron chi connectivity index (χ1n) is 3.81. The van der Waals surface area contributed by atoms with Gasteiger partial charge in [-0.25, -0.2) is 0 Å². The normalized spacial score (nSPS) is 12.8. The molecule has 1 amide bonds. The summed E-state index contributed by atoms with van der Waals surface area (Å²) in [6.07, 6.45) is 0. The number of thiophene rings is 1. The number of amides is 1. The van der Waals surface area contributed by atoms with Gasteiger partial charge in [-0.15, -0.1) is 11.3 Å². The van der Waals surface area contributed by atoms with Crippen LogP contribution in [0.25, 0.3) is 0 Å². The summed E-state index contributed by atoms with van der Waals surface area (Å²) < 4.78 is 0. The second kappa shape index (κ2) is 4.23. The number of carbonyl (C=O) groups is 1. The van der Waals surface area contributed by atoms with E-state index in [-0.39, 0.29) is 11.9 Å². The molecule has 0 aliphatic heterocycles. The summed E-state index contributed by atoms with van der Waals surface area (Å²) in [6, 6.07) is 3.49. The van der Waals surface area contributed by atoms with Crippen LogP contribution in [0, 0.1) is 0 Å². The molecule has 0 aromatic carbocycles. The van der Waals surface area contributed by atoms with E-state index in [4.69, 9.17) is 5.73 Å². The van der Waals surface area contributed by atoms with Gasteiger partial charge < -0.3 is 11.1 Å². The number of nitrogens with two attached hydrogens (primary N) is 1. The van der Waals surface area contributed by atoms with Crippen LogP contribution in [0.3, 0.4) is 0 Å². The Kier molecular flexibility index (Phi) is 3.25. The van der Waals surface area contributed by atoms with Gasteiger partial charge in [0.15, 0.2) is 0 Å². The van der Waals surface area contributed by atoms with Crippen LogP contribution >= 0.6 is 11.3 Å². The lowest BCUT2D eigenvalue weighted by atomic mass is 10.2. The molecule has 3 N–H and O–H groups in total. The third-order valence-corrected chi connectivity index (χ3v) is 2.46. The minimum Gasteiger partial charge on any atom is -0.368 e. The van der Waals surface area contributed by atoms with Gasteiger partial charge in [-0.05, 0) is 18.0 Å². The van der Waals surface area contributed by atoms with E-state index < -0.39 is 0 Å². The molecule has 0 bridgehead atoms. The van der Waals surface area contributed by atoms with E-state index in [0.717, 1.165) is 11.4 Å². The standard InChI is InChI=1S/C8H12N2OS/c1-2-10-7(8(9)11)6-4-3-5-12-6/h3-5,7,10H,2H2,1H3,(H2,9,11). The van der Waals surface area contributed by atoms with Crippen LogP contribution in [0.1, 0.15) is 17.8 Å². The summed E-state index contributed by atoms with van der Waals surface area (Å²) in [6.45, 7) is 2.69. The molecule has 1 atom stereocenters. The highest BCUT2D eigenvalue weighted by Crippen LogP contribution is 2.17. The lowest BCUT2D eigenvalue weighted by Crippen LogP contribution is -2.32. The molecule has 1 aromatic heterocycles. The molecule has 0 spiro atoms. The van der Waals surface area contributed by atoms with Crippen LogP contribution in [0.15, 0.2) is 17.5 Å². The third kappa shape index (κ3) is 2.06. The fourth-order valence-corrected chi connectivity index (χ4v) is 1.81. The van der Waals surface area contributed by atoms with Crippen LogP contribution in [-0.2, 0) is 4.79 Å². The van der Waals surface area contributed by atoms with Crippen LogP contribution in [0.2, 0.25) is 0 Å². The maximum atomic E-state index is 11.0. The van der Waals surface area contributed by atoms with Crippen molar-refractivity contribution in [3.05, 3.63) is 22.4 Å². The van der Waals surface area contributed by atoms with Gasteiger partial charge in [0.25, 0.3) is 0 Å². The van der Waals surface area contributed by atoms with Crippen molar-refractivity contribution in [1.82, 2.24) is 5.32 Å². The van der Waals surface area contributed by atoms with Gasteiger partial charge in [0.05, 0.1) is 0 Å². The van der Waals surface area contributed by atoms with E-state index in [1.165, 1.54) is 11.3 Å². The Morgan fingerprint density at radius 1 is 1.83 bits per heavy atom. The molecule has 3 nitrogen and oxygen atoms in total. The monoisotopic (exact) mass is 184 g/mol. The summed E-state index contributed by atoms with van der Waals surface area (Å²) >= 11 is 1.54. The Morgan fingerprint density at radius 2 is 2.58 bits per heavy atom. The van der Waals surface area contributed by atoms with E-state index in [2.05, 4.69) is 5.32 Å². The molecule has 4 heteroatoms. The Hall–Kier alpha value is -0.870. The summed E-state index contributed by atoms with van der Waals surface area (Å²) in [4.78, 5) is 11.9. The maximum absolute atomic E-state index is 11.0. The van der Waals surface area contributed by atoms with Gasteiger partial charge in [-0.3, -0.25) is 4.79 Å². The SMILES string of the molecule is CCNC(C(N)=O)c1cccs1. The first kappa shape index (κ1) is 9.22. The van der Waals surface area contributed by atoms with Gasteiger partial charge in [0.1, 0.15) is 6.04 Å². The largest absolute Gasteiger partial charge is 0.368 e. The van der Waals surface area contributed by atoms with Gasteiger partial charge >= 0.3 is 0 Å². The zero-order valence-corrected chi connectivity index (χ0v) is 7.73. The van der Waals surface area contributed by atoms with Crippen LogP contribution in [-0.4, -0.2) is 12.5 Å². The van der Waals surface area contributed by atoms with Crippen LogP contribution < -0.4 is 11.1 Å². The van der Waals surface area contributed by atoms with E-state index >= 15 is 0 Å². The number of nitrogens with one attached hydrogen (secondary N) is 1. The zero-order chi connectivity index (χ0) is 8.97. The zero-order valence-electron chi connectivity index (χ0n) is 6.91. The number of hydrogen-bond donors (Lipinski definition) is 2. The molecule has 1 unspecified atom stereocenters. The fraction of sp³-hybridized carbons (Fsp3) is 0.375. The number of carbonyl (C=O) groups excluding carboxylic acids is 1. The summed E-state index contributed by atoms with van der Waals surface area (Å²) in [5.41, 5.74) is 5.22. The average molecular weight is 184 g/mol. The molecule has 0 saturated carbocycles. The second-order valence-electron chi connectivity index (χ2n) is 2.41. The van der Waals surface area contributed by atoms with Crippen LogP contribution in [0.4, 0.5) is 0 Å². The van der Waals surface area contributed by atoms with Crippen molar-refractivity contribution in [2.75, 3.05) is 6.54 Å². The van der Waals surface area contributed by atoms with Crippen molar-refractivity contribution >= 4 is 17.2 Å². The highest BCUT2D eigenvalue weighted by molar-refractivity contribution is 7.10. The molecule has 0 aliphatic rings. The summed E-state index contributed by atoms with van der Waals surface area (Å²) in [7, 11) is 0. The highest BCUT2D eigenvalue weighted by Gasteiger charge is 2.16. The molecule has 66 valence electrons. The quantitative estimate of drug-likeness (QED) is 0.730. The molecule has 0 radical (unpaired) electrons. The molecule has 1 rings (SSSR count). The molecule has 1 heterocycles. The molecular formula is C8H12N2OS. The average Bonchev–Trinajstić information content (AvgIpc) is 2.51. The van der Waals surface area contributed by atoms with Gasteiger partial charge in [0, 0.05) is 4.88 Å². The van der Waals surface area contributed by atoms with E-state index in [1.54, 1.807) is 0 Å². The Labute approximate surface area is 75.6 Å². The summed E-state index contributed by atoms with van der Waals surface area (Å²) in [5, 5.41) is 4.95. The maximum Gasteiger partial charge on any atom is 0.239 e.